The Labute approximate surface area is 101 Å². The van der Waals surface area contributed by atoms with E-state index in [9.17, 15) is 0 Å². The SMILES string of the molecule is C[C@H](N)c1cc(Cl)ccc1OCCCCO. The van der Waals surface area contributed by atoms with Crippen LogP contribution in [0.2, 0.25) is 5.02 Å². The Morgan fingerprint density at radius 2 is 2.19 bits per heavy atom. The summed E-state index contributed by atoms with van der Waals surface area (Å²) in [5.41, 5.74) is 6.75. The van der Waals surface area contributed by atoms with Crippen molar-refractivity contribution in [3.63, 3.8) is 0 Å². The van der Waals surface area contributed by atoms with Crippen LogP contribution in [0.3, 0.4) is 0 Å². The van der Waals surface area contributed by atoms with Gasteiger partial charge in [-0.25, -0.2) is 0 Å². The molecule has 1 aromatic rings. The van der Waals surface area contributed by atoms with Gasteiger partial charge in [0.15, 0.2) is 0 Å². The van der Waals surface area contributed by atoms with Crippen molar-refractivity contribution < 1.29 is 9.84 Å². The minimum Gasteiger partial charge on any atom is -0.493 e. The molecule has 3 nitrogen and oxygen atoms in total. The summed E-state index contributed by atoms with van der Waals surface area (Å²) in [7, 11) is 0. The van der Waals surface area contributed by atoms with Crippen molar-refractivity contribution in [1.82, 2.24) is 0 Å². The van der Waals surface area contributed by atoms with E-state index in [1.807, 2.05) is 19.1 Å². The molecule has 0 fully saturated rings. The van der Waals surface area contributed by atoms with E-state index in [4.69, 9.17) is 27.2 Å². The molecule has 0 saturated carbocycles. The fraction of sp³-hybridized carbons (Fsp3) is 0.500. The highest BCUT2D eigenvalue weighted by Crippen LogP contribution is 2.27. The van der Waals surface area contributed by atoms with Gasteiger partial charge < -0.3 is 15.6 Å². The van der Waals surface area contributed by atoms with Gasteiger partial charge in [0.25, 0.3) is 0 Å². The number of aliphatic hydroxyl groups excluding tert-OH is 1. The molecule has 0 heterocycles. The highest BCUT2D eigenvalue weighted by molar-refractivity contribution is 6.30. The van der Waals surface area contributed by atoms with E-state index >= 15 is 0 Å². The average Bonchev–Trinajstić information content (AvgIpc) is 2.26. The third-order valence-electron chi connectivity index (χ3n) is 2.27. The first-order valence-electron chi connectivity index (χ1n) is 5.44. The van der Waals surface area contributed by atoms with E-state index in [0.29, 0.717) is 11.6 Å². The van der Waals surface area contributed by atoms with Crippen LogP contribution in [0, 0.1) is 0 Å². The number of nitrogens with two attached hydrogens (primary N) is 1. The molecule has 1 aromatic carbocycles. The molecule has 1 rings (SSSR count). The second kappa shape index (κ2) is 6.74. The van der Waals surface area contributed by atoms with E-state index in [-0.39, 0.29) is 12.6 Å². The summed E-state index contributed by atoms with van der Waals surface area (Å²) in [5, 5.41) is 9.31. The smallest absolute Gasteiger partial charge is 0.124 e. The van der Waals surface area contributed by atoms with Gasteiger partial charge in [0.05, 0.1) is 6.61 Å². The number of unbranched alkanes of at least 4 members (excludes halogenated alkanes) is 1. The first-order valence-corrected chi connectivity index (χ1v) is 5.81. The summed E-state index contributed by atoms with van der Waals surface area (Å²) in [5.74, 6) is 0.775. The molecule has 0 radical (unpaired) electrons. The molecule has 90 valence electrons. The predicted molar refractivity (Wildman–Crippen MR) is 65.9 cm³/mol. The molecule has 0 bridgehead atoms. The third kappa shape index (κ3) is 4.00. The van der Waals surface area contributed by atoms with E-state index in [0.717, 1.165) is 24.2 Å². The second-order valence-electron chi connectivity index (χ2n) is 3.75. The molecule has 0 spiro atoms. The van der Waals surface area contributed by atoms with Crippen LogP contribution in [0.5, 0.6) is 5.75 Å². The van der Waals surface area contributed by atoms with Crippen LogP contribution in [-0.4, -0.2) is 18.3 Å². The standard InChI is InChI=1S/C12H18ClNO2/c1-9(14)11-8-10(13)4-5-12(11)16-7-3-2-6-15/h4-5,8-9,15H,2-3,6-7,14H2,1H3/t9-/m0/s1. The number of rotatable bonds is 6. The zero-order chi connectivity index (χ0) is 12.0. The lowest BCUT2D eigenvalue weighted by Gasteiger charge is -2.14. The van der Waals surface area contributed by atoms with Crippen LogP contribution in [0.1, 0.15) is 31.4 Å². The topological polar surface area (TPSA) is 55.5 Å². The van der Waals surface area contributed by atoms with Crippen LogP contribution in [0.15, 0.2) is 18.2 Å². The molecule has 16 heavy (non-hydrogen) atoms. The van der Waals surface area contributed by atoms with Gasteiger partial charge in [0, 0.05) is 23.2 Å². The Morgan fingerprint density at radius 1 is 1.44 bits per heavy atom. The number of hydrogen-bond donors (Lipinski definition) is 2. The first kappa shape index (κ1) is 13.3. The number of hydrogen-bond acceptors (Lipinski definition) is 3. The monoisotopic (exact) mass is 243 g/mol. The highest BCUT2D eigenvalue weighted by atomic mass is 35.5. The van der Waals surface area contributed by atoms with E-state index in [1.165, 1.54) is 0 Å². The minimum absolute atomic E-state index is 0.105. The Balaban J connectivity index is 2.64. The molecule has 0 aliphatic heterocycles. The van der Waals surface area contributed by atoms with Gasteiger partial charge in [-0.1, -0.05) is 11.6 Å². The van der Waals surface area contributed by atoms with Gasteiger partial charge in [-0.2, -0.15) is 0 Å². The van der Waals surface area contributed by atoms with Crippen molar-refractivity contribution in [2.45, 2.75) is 25.8 Å². The molecule has 0 aromatic heterocycles. The lowest BCUT2D eigenvalue weighted by molar-refractivity contribution is 0.252. The van der Waals surface area contributed by atoms with Gasteiger partial charge in [-0.05, 0) is 38.0 Å². The molecule has 1 atom stereocenters. The quantitative estimate of drug-likeness (QED) is 0.755. The van der Waals surface area contributed by atoms with Crippen LogP contribution >= 0.6 is 11.6 Å². The maximum Gasteiger partial charge on any atom is 0.124 e. The Kier molecular flexibility index (Phi) is 5.60. The molecular formula is C12H18ClNO2. The van der Waals surface area contributed by atoms with Crippen molar-refractivity contribution >= 4 is 11.6 Å². The third-order valence-corrected chi connectivity index (χ3v) is 2.51. The Hall–Kier alpha value is -0.770. The molecule has 0 aliphatic rings. The van der Waals surface area contributed by atoms with Crippen LogP contribution in [0.4, 0.5) is 0 Å². The van der Waals surface area contributed by atoms with E-state index in [2.05, 4.69) is 0 Å². The highest BCUT2D eigenvalue weighted by Gasteiger charge is 2.08. The molecule has 0 amide bonds. The van der Waals surface area contributed by atoms with Gasteiger partial charge in [0.1, 0.15) is 5.75 Å². The average molecular weight is 244 g/mol. The number of halogens is 1. The molecule has 3 N–H and O–H groups in total. The zero-order valence-corrected chi connectivity index (χ0v) is 10.2. The number of ether oxygens (including phenoxy) is 1. The molecule has 0 unspecified atom stereocenters. The van der Waals surface area contributed by atoms with Crippen molar-refractivity contribution in [2.24, 2.45) is 5.73 Å². The summed E-state index contributed by atoms with van der Waals surface area (Å²) in [6, 6.07) is 5.34. The van der Waals surface area contributed by atoms with Crippen molar-refractivity contribution in [1.29, 1.82) is 0 Å². The minimum atomic E-state index is -0.105. The van der Waals surface area contributed by atoms with Crippen molar-refractivity contribution in [3.05, 3.63) is 28.8 Å². The summed E-state index contributed by atoms with van der Waals surface area (Å²) < 4.78 is 5.61. The van der Waals surface area contributed by atoms with Gasteiger partial charge in [-0.15, -0.1) is 0 Å². The molecule has 4 heteroatoms. The Bertz CT molecular complexity index is 329. The molecular weight excluding hydrogens is 226 g/mol. The molecule has 0 aliphatic carbocycles. The first-order chi connectivity index (χ1) is 7.65. The van der Waals surface area contributed by atoms with E-state index < -0.39 is 0 Å². The van der Waals surface area contributed by atoms with Crippen LogP contribution in [0.25, 0.3) is 0 Å². The van der Waals surface area contributed by atoms with Gasteiger partial charge in [0.2, 0.25) is 0 Å². The lowest BCUT2D eigenvalue weighted by atomic mass is 10.1. The van der Waals surface area contributed by atoms with Crippen molar-refractivity contribution in [3.8, 4) is 5.75 Å². The normalized spacial score (nSPS) is 12.5. The second-order valence-corrected chi connectivity index (χ2v) is 4.19. The number of aliphatic hydroxyl groups is 1. The van der Waals surface area contributed by atoms with Gasteiger partial charge in [-0.3, -0.25) is 0 Å². The fourth-order valence-electron chi connectivity index (χ4n) is 1.40. The summed E-state index contributed by atoms with van der Waals surface area (Å²) in [6.45, 7) is 2.68. The van der Waals surface area contributed by atoms with Gasteiger partial charge >= 0.3 is 0 Å². The summed E-state index contributed by atoms with van der Waals surface area (Å²) in [4.78, 5) is 0. The van der Waals surface area contributed by atoms with Crippen LogP contribution < -0.4 is 10.5 Å². The van der Waals surface area contributed by atoms with Crippen LogP contribution in [-0.2, 0) is 0 Å². The fourth-order valence-corrected chi connectivity index (χ4v) is 1.58. The maximum atomic E-state index is 8.65. The summed E-state index contributed by atoms with van der Waals surface area (Å²) in [6.07, 6.45) is 1.58. The van der Waals surface area contributed by atoms with Crippen molar-refractivity contribution in [2.75, 3.05) is 13.2 Å². The van der Waals surface area contributed by atoms with E-state index in [1.54, 1.807) is 6.07 Å². The summed E-state index contributed by atoms with van der Waals surface area (Å²) >= 11 is 5.90. The number of benzene rings is 1. The maximum absolute atomic E-state index is 8.65. The molecule has 0 saturated heterocycles. The zero-order valence-electron chi connectivity index (χ0n) is 9.45. The predicted octanol–water partition coefficient (Wildman–Crippen LogP) is 2.51. The lowest BCUT2D eigenvalue weighted by Crippen LogP contribution is -2.09. The largest absolute Gasteiger partial charge is 0.493 e. The Morgan fingerprint density at radius 3 is 2.81 bits per heavy atom.